The number of aromatic nitrogens is 1. The lowest BCUT2D eigenvalue weighted by atomic mass is 9.88. The molecule has 0 spiro atoms. The second-order valence-electron chi connectivity index (χ2n) is 11.2. The van der Waals surface area contributed by atoms with Crippen LogP contribution in [0.4, 0.5) is 0 Å². The highest BCUT2D eigenvalue weighted by Gasteiger charge is 2.33. The molecule has 36 heavy (non-hydrogen) atoms. The standard InChI is InChI=1S/C33H34NOSi/c1-20(2)23-16-25-15-21(3)22(4)31-32(25)29(18-23)35-30-19-24-17-27(13-14-28(24)34(5)33(30)31)36(6,7)26-11-9-8-10-12-26/h8-20H,1-7H3/q+1. The Hall–Kier alpha value is -3.43. The van der Waals surface area contributed by atoms with Crippen molar-refractivity contribution in [3.05, 3.63) is 89.5 Å². The highest BCUT2D eigenvalue weighted by atomic mass is 28.3. The van der Waals surface area contributed by atoms with Crippen molar-refractivity contribution in [2.24, 2.45) is 7.05 Å². The SMILES string of the molecule is Cc1cc2cc(C(C)C)cc3c2c(c1C)-c1c(cc2cc([Si](C)(C)c4ccccc4)ccc2[n+]1C)O3. The molecule has 5 aromatic rings. The lowest BCUT2D eigenvalue weighted by molar-refractivity contribution is -0.633. The van der Waals surface area contributed by atoms with Crippen LogP contribution in [0.3, 0.4) is 0 Å². The maximum Gasteiger partial charge on any atom is 0.256 e. The van der Waals surface area contributed by atoms with Gasteiger partial charge in [-0.2, -0.15) is 4.57 Å². The van der Waals surface area contributed by atoms with E-state index in [2.05, 4.69) is 125 Å². The maximum atomic E-state index is 6.72. The topological polar surface area (TPSA) is 13.1 Å². The first-order chi connectivity index (χ1) is 17.2. The zero-order valence-corrected chi connectivity index (χ0v) is 23.4. The molecular weight excluding hydrogens is 454 g/mol. The highest BCUT2D eigenvalue weighted by molar-refractivity contribution is 7.00. The number of hydrogen-bond acceptors (Lipinski definition) is 1. The predicted octanol–water partition coefficient (Wildman–Crippen LogP) is 7.15. The Bertz CT molecular complexity index is 1680. The minimum atomic E-state index is -1.81. The largest absolute Gasteiger partial charge is 0.450 e. The van der Waals surface area contributed by atoms with Crippen LogP contribution in [0.5, 0.6) is 11.5 Å². The monoisotopic (exact) mass is 488 g/mol. The summed E-state index contributed by atoms with van der Waals surface area (Å²) in [5.74, 6) is 2.38. The van der Waals surface area contributed by atoms with Crippen molar-refractivity contribution < 1.29 is 9.30 Å². The van der Waals surface area contributed by atoms with E-state index in [0.29, 0.717) is 5.92 Å². The minimum absolute atomic E-state index is 0.446. The van der Waals surface area contributed by atoms with Crippen molar-refractivity contribution in [2.75, 3.05) is 0 Å². The minimum Gasteiger partial charge on any atom is -0.450 e. The molecule has 0 fully saturated rings. The molecule has 1 aromatic heterocycles. The average Bonchev–Trinajstić information content (AvgIpc) is 2.86. The number of hydrogen-bond donors (Lipinski definition) is 0. The summed E-state index contributed by atoms with van der Waals surface area (Å²) in [4.78, 5) is 0. The molecule has 4 aromatic carbocycles. The van der Waals surface area contributed by atoms with Crippen LogP contribution < -0.4 is 19.7 Å². The third kappa shape index (κ3) is 3.33. The third-order valence-electron chi connectivity index (χ3n) is 8.33. The van der Waals surface area contributed by atoms with E-state index < -0.39 is 8.07 Å². The number of benzene rings is 4. The van der Waals surface area contributed by atoms with Crippen LogP contribution in [0.15, 0.2) is 72.8 Å². The van der Waals surface area contributed by atoms with Crippen LogP contribution in [0.25, 0.3) is 32.9 Å². The van der Waals surface area contributed by atoms with Crippen LogP contribution in [-0.2, 0) is 7.05 Å². The molecule has 0 bridgehead atoms. The molecule has 0 radical (unpaired) electrons. The number of pyridine rings is 1. The molecule has 0 aliphatic carbocycles. The fraction of sp³-hybridized carbons (Fsp3) is 0.242. The highest BCUT2D eigenvalue weighted by Crippen LogP contribution is 2.48. The van der Waals surface area contributed by atoms with Gasteiger partial charge in [0, 0.05) is 22.9 Å². The predicted molar refractivity (Wildman–Crippen MR) is 155 cm³/mol. The van der Waals surface area contributed by atoms with Gasteiger partial charge >= 0.3 is 0 Å². The van der Waals surface area contributed by atoms with E-state index in [4.69, 9.17) is 4.74 Å². The normalized spacial score (nSPS) is 12.8. The van der Waals surface area contributed by atoms with Crippen molar-refractivity contribution >= 4 is 40.1 Å². The van der Waals surface area contributed by atoms with Gasteiger partial charge in [0.2, 0.25) is 5.52 Å². The molecule has 180 valence electrons. The number of aryl methyl sites for hydroxylation is 2. The molecule has 0 N–H and O–H groups in total. The lowest BCUT2D eigenvalue weighted by Gasteiger charge is -2.25. The summed E-state index contributed by atoms with van der Waals surface area (Å²) >= 11 is 0. The zero-order valence-electron chi connectivity index (χ0n) is 22.4. The molecule has 0 atom stereocenters. The van der Waals surface area contributed by atoms with Gasteiger partial charge in [-0.1, -0.05) is 85.8 Å². The van der Waals surface area contributed by atoms with E-state index in [1.165, 1.54) is 60.0 Å². The maximum absolute atomic E-state index is 6.72. The summed E-state index contributed by atoms with van der Waals surface area (Å²) < 4.78 is 9.06. The van der Waals surface area contributed by atoms with Gasteiger partial charge in [0.1, 0.15) is 20.9 Å². The fourth-order valence-corrected chi connectivity index (χ4v) is 8.22. The van der Waals surface area contributed by atoms with Crippen LogP contribution in [0, 0.1) is 13.8 Å². The van der Waals surface area contributed by atoms with Crippen molar-refractivity contribution in [3.63, 3.8) is 0 Å². The van der Waals surface area contributed by atoms with Gasteiger partial charge in [0.25, 0.3) is 5.69 Å². The molecular formula is C33H34NOSi+. The molecule has 0 saturated carbocycles. The van der Waals surface area contributed by atoms with Gasteiger partial charge in [-0.15, -0.1) is 0 Å². The number of ether oxygens (including phenoxy) is 1. The van der Waals surface area contributed by atoms with E-state index in [0.717, 1.165) is 11.5 Å². The van der Waals surface area contributed by atoms with Crippen LogP contribution in [-0.4, -0.2) is 8.07 Å². The lowest BCUT2D eigenvalue weighted by Crippen LogP contribution is -2.52. The molecule has 3 heteroatoms. The number of nitrogens with zero attached hydrogens (tertiary/aromatic N) is 1. The summed E-state index contributed by atoms with van der Waals surface area (Å²) in [7, 11) is 0.376. The Morgan fingerprint density at radius 1 is 0.778 bits per heavy atom. The van der Waals surface area contributed by atoms with E-state index in [9.17, 15) is 0 Å². The van der Waals surface area contributed by atoms with Crippen molar-refractivity contribution in [1.82, 2.24) is 0 Å². The third-order valence-corrected chi connectivity index (χ3v) is 11.9. The summed E-state index contributed by atoms with van der Waals surface area (Å²) in [5, 5.41) is 6.63. The molecule has 2 heterocycles. The van der Waals surface area contributed by atoms with Crippen LogP contribution in [0.2, 0.25) is 13.1 Å². The summed E-state index contributed by atoms with van der Waals surface area (Å²) in [6, 6.07) is 27.2. The summed E-state index contributed by atoms with van der Waals surface area (Å²) in [6.45, 7) is 13.9. The Labute approximate surface area is 215 Å². The number of fused-ring (bicyclic) bond motifs is 3. The van der Waals surface area contributed by atoms with Crippen LogP contribution in [0.1, 0.15) is 36.5 Å². The molecule has 0 saturated heterocycles. The van der Waals surface area contributed by atoms with Crippen molar-refractivity contribution in [3.8, 4) is 22.8 Å². The van der Waals surface area contributed by atoms with Gasteiger partial charge in [-0.25, -0.2) is 0 Å². The molecule has 6 rings (SSSR count). The Kier molecular flexibility index (Phi) is 5.14. The first-order valence-electron chi connectivity index (χ1n) is 13.0. The molecule has 0 unspecified atom stereocenters. The zero-order chi connectivity index (χ0) is 25.4. The Balaban J connectivity index is 1.61. The van der Waals surface area contributed by atoms with Gasteiger partial charge in [-0.05, 0) is 54.0 Å². The first-order valence-corrected chi connectivity index (χ1v) is 16.0. The van der Waals surface area contributed by atoms with E-state index in [-0.39, 0.29) is 0 Å². The van der Waals surface area contributed by atoms with E-state index in [1.54, 1.807) is 0 Å². The Morgan fingerprint density at radius 3 is 2.25 bits per heavy atom. The summed E-state index contributed by atoms with van der Waals surface area (Å²) in [5.41, 5.74) is 7.68. The Morgan fingerprint density at radius 2 is 1.53 bits per heavy atom. The number of rotatable bonds is 3. The van der Waals surface area contributed by atoms with Gasteiger partial charge in [-0.3, -0.25) is 0 Å². The van der Waals surface area contributed by atoms with Crippen molar-refractivity contribution in [1.29, 1.82) is 0 Å². The fourth-order valence-electron chi connectivity index (χ4n) is 5.84. The van der Waals surface area contributed by atoms with Crippen LogP contribution >= 0.6 is 0 Å². The summed E-state index contributed by atoms with van der Waals surface area (Å²) in [6.07, 6.45) is 0. The molecule has 1 aliphatic rings. The van der Waals surface area contributed by atoms with Gasteiger partial charge < -0.3 is 4.74 Å². The first kappa shape index (κ1) is 23.0. The molecule has 1 aliphatic heterocycles. The second-order valence-corrected chi connectivity index (χ2v) is 15.7. The quantitative estimate of drug-likeness (QED) is 0.190. The van der Waals surface area contributed by atoms with E-state index >= 15 is 0 Å². The van der Waals surface area contributed by atoms with Gasteiger partial charge in [0.15, 0.2) is 5.75 Å². The van der Waals surface area contributed by atoms with Crippen molar-refractivity contribution in [2.45, 2.75) is 46.7 Å². The second kappa shape index (κ2) is 8.04. The molecule has 0 amide bonds. The van der Waals surface area contributed by atoms with Gasteiger partial charge in [0.05, 0.1) is 5.56 Å². The van der Waals surface area contributed by atoms with E-state index in [1.807, 2.05) is 0 Å². The molecule has 2 nitrogen and oxygen atoms in total. The average molecular weight is 489 g/mol. The smallest absolute Gasteiger partial charge is 0.256 e.